The highest BCUT2D eigenvalue weighted by Gasteiger charge is 2.60. The van der Waals surface area contributed by atoms with Crippen molar-refractivity contribution in [2.45, 2.75) is 50.5 Å². The Hall–Kier alpha value is -2.10. The summed E-state index contributed by atoms with van der Waals surface area (Å²) in [5.41, 5.74) is 0.313. The van der Waals surface area contributed by atoms with Crippen molar-refractivity contribution in [3.8, 4) is 0 Å². The van der Waals surface area contributed by atoms with Crippen LogP contribution in [0.2, 0.25) is 0 Å². The van der Waals surface area contributed by atoms with Gasteiger partial charge in [-0.15, -0.1) is 0 Å². The number of amides is 1. The van der Waals surface area contributed by atoms with E-state index in [1.807, 2.05) is 32.9 Å². The van der Waals surface area contributed by atoms with Gasteiger partial charge in [-0.2, -0.15) is 0 Å². The number of carbonyl (C=O) groups is 1. The molecule has 1 spiro atoms. The average Bonchev–Trinajstić information content (AvgIpc) is 2.93. The monoisotopic (exact) mass is 330 g/mol. The zero-order chi connectivity index (χ0) is 17.4. The molecule has 6 nitrogen and oxygen atoms in total. The van der Waals surface area contributed by atoms with E-state index >= 15 is 0 Å². The maximum atomic E-state index is 12.3. The van der Waals surface area contributed by atoms with Gasteiger partial charge in [-0.3, -0.25) is 0 Å². The summed E-state index contributed by atoms with van der Waals surface area (Å²) in [6, 6.07) is 7.24. The van der Waals surface area contributed by atoms with Crippen LogP contribution >= 0.6 is 0 Å². The molecule has 0 bridgehead atoms. The lowest BCUT2D eigenvalue weighted by atomic mass is 9.67. The molecule has 1 N–H and O–H groups in total. The largest absolute Gasteiger partial charge is 0.444 e. The summed E-state index contributed by atoms with van der Waals surface area (Å²) >= 11 is 0. The fourth-order valence-corrected chi connectivity index (χ4v) is 3.29. The predicted octanol–water partition coefficient (Wildman–Crippen LogP) is 3.49. The molecular weight excluding hydrogens is 308 g/mol. The second-order valence-electron chi connectivity index (χ2n) is 7.33. The SMILES string of the molecule is [C-]#[N+]c1ccc(C2(NC(=O)OC(C)(C)C)CC3(C2)OCCO3)cc1. The number of nitrogens with one attached hydrogen (secondary N) is 1. The van der Waals surface area contributed by atoms with Crippen LogP contribution < -0.4 is 5.32 Å². The van der Waals surface area contributed by atoms with Crippen molar-refractivity contribution in [2.24, 2.45) is 0 Å². The summed E-state index contributed by atoms with van der Waals surface area (Å²) in [6.07, 6.45) is 0.581. The Morgan fingerprint density at radius 1 is 1.21 bits per heavy atom. The van der Waals surface area contributed by atoms with E-state index in [-0.39, 0.29) is 0 Å². The van der Waals surface area contributed by atoms with Gasteiger partial charge < -0.3 is 19.5 Å². The smallest absolute Gasteiger partial charge is 0.408 e. The number of carbonyl (C=O) groups excluding carboxylic acids is 1. The Morgan fingerprint density at radius 3 is 2.29 bits per heavy atom. The van der Waals surface area contributed by atoms with E-state index in [2.05, 4.69) is 10.2 Å². The molecule has 2 aliphatic rings. The summed E-state index contributed by atoms with van der Waals surface area (Å²) in [5, 5.41) is 2.99. The maximum Gasteiger partial charge on any atom is 0.408 e. The predicted molar refractivity (Wildman–Crippen MR) is 87.6 cm³/mol. The third-order valence-electron chi connectivity index (χ3n) is 4.24. The minimum absolute atomic E-state index is 0.468. The van der Waals surface area contributed by atoms with Crippen molar-refractivity contribution in [2.75, 3.05) is 13.2 Å². The molecule has 1 aromatic carbocycles. The molecular formula is C18H22N2O4. The third-order valence-corrected chi connectivity index (χ3v) is 4.24. The van der Waals surface area contributed by atoms with Crippen LogP contribution in [0.5, 0.6) is 0 Å². The number of alkyl carbamates (subject to hydrolysis) is 1. The fraction of sp³-hybridized carbons (Fsp3) is 0.556. The third kappa shape index (κ3) is 3.23. The zero-order valence-corrected chi connectivity index (χ0v) is 14.2. The molecule has 0 aromatic heterocycles. The maximum absolute atomic E-state index is 12.3. The van der Waals surface area contributed by atoms with Gasteiger partial charge in [0.2, 0.25) is 0 Å². The van der Waals surface area contributed by atoms with Gasteiger partial charge in [-0.05, 0) is 26.3 Å². The summed E-state index contributed by atoms with van der Waals surface area (Å²) < 4.78 is 16.8. The lowest BCUT2D eigenvalue weighted by molar-refractivity contribution is -0.245. The molecule has 1 heterocycles. The number of rotatable bonds is 2. The van der Waals surface area contributed by atoms with E-state index in [0.717, 1.165) is 5.56 Å². The molecule has 1 aromatic rings. The second-order valence-corrected chi connectivity index (χ2v) is 7.33. The van der Waals surface area contributed by atoms with Crippen molar-refractivity contribution in [1.82, 2.24) is 5.32 Å². The van der Waals surface area contributed by atoms with Crippen molar-refractivity contribution >= 4 is 11.8 Å². The van der Waals surface area contributed by atoms with Crippen LogP contribution in [0.15, 0.2) is 24.3 Å². The highest BCUT2D eigenvalue weighted by Crippen LogP contribution is 2.52. The molecule has 128 valence electrons. The van der Waals surface area contributed by atoms with Crippen molar-refractivity contribution in [3.05, 3.63) is 41.2 Å². The molecule has 1 saturated heterocycles. The Morgan fingerprint density at radius 2 is 1.79 bits per heavy atom. The molecule has 2 fully saturated rings. The van der Waals surface area contributed by atoms with Gasteiger partial charge in [0, 0.05) is 12.8 Å². The Kier molecular flexibility index (Phi) is 4.02. The molecule has 1 saturated carbocycles. The van der Waals surface area contributed by atoms with Crippen molar-refractivity contribution < 1.29 is 19.0 Å². The van der Waals surface area contributed by atoms with Crippen molar-refractivity contribution in [3.63, 3.8) is 0 Å². The first kappa shape index (κ1) is 16.7. The van der Waals surface area contributed by atoms with Gasteiger partial charge in [0.1, 0.15) is 5.60 Å². The number of benzene rings is 1. The molecule has 3 rings (SSSR count). The number of ether oxygens (including phenoxy) is 3. The quantitative estimate of drug-likeness (QED) is 0.843. The molecule has 0 atom stereocenters. The Bertz CT molecular complexity index is 656. The first-order valence-corrected chi connectivity index (χ1v) is 8.03. The highest BCUT2D eigenvalue weighted by molar-refractivity contribution is 5.70. The zero-order valence-electron chi connectivity index (χ0n) is 14.2. The lowest BCUT2D eigenvalue weighted by Gasteiger charge is -2.53. The van der Waals surface area contributed by atoms with Crippen molar-refractivity contribution in [1.29, 1.82) is 0 Å². The van der Waals surface area contributed by atoms with Crippen LogP contribution in [0.1, 0.15) is 39.2 Å². The summed E-state index contributed by atoms with van der Waals surface area (Å²) in [5.74, 6) is -0.618. The van der Waals surface area contributed by atoms with Gasteiger partial charge in [0.05, 0.1) is 25.3 Å². The molecule has 0 radical (unpaired) electrons. The van der Waals surface area contributed by atoms with Gasteiger partial charge >= 0.3 is 6.09 Å². The summed E-state index contributed by atoms with van der Waals surface area (Å²) in [6.45, 7) is 13.7. The van der Waals surface area contributed by atoms with Crippen LogP contribution in [0.25, 0.3) is 4.85 Å². The Balaban J connectivity index is 1.82. The molecule has 1 aliphatic carbocycles. The summed E-state index contributed by atoms with van der Waals surface area (Å²) in [4.78, 5) is 15.7. The highest BCUT2D eigenvalue weighted by atomic mass is 16.7. The molecule has 0 unspecified atom stereocenters. The van der Waals surface area contributed by atoms with E-state index in [1.54, 1.807) is 12.1 Å². The second kappa shape index (κ2) is 5.76. The molecule has 6 heteroatoms. The van der Waals surface area contributed by atoms with E-state index in [0.29, 0.717) is 31.7 Å². The van der Waals surface area contributed by atoms with E-state index in [9.17, 15) is 4.79 Å². The molecule has 24 heavy (non-hydrogen) atoms. The molecule has 1 amide bonds. The van der Waals surface area contributed by atoms with Crippen LogP contribution in [-0.2, 0) is 19.7 Å². The van der Waals surface area contributed by atoms with Crippen LogP contribution in [-0.4, -0.2) is 30.7 Å². The average molecular weight is 330 g/mol. The van der Waals surface area contributed by atoms with Crippen LogP contribution in [0, 0.1) is 6.57 Å². The minimum atomic E-state index is -0.618. The topological polar surface area (TPSA) is 61.2 Å². The fourth-order valence-electron chi connectivity index (χ4n) is 3.29. The van der Waals surface area contributed by atoms with Gasteiger partial charge in [-0.1, -0.05) is 24.3 Å². The Labute approximate surface area is 141 Å². The van der Waals surface area contributed by atoms with E-state index < -0.39 is 23.0 Å². The van der Waals surface area contributed by atoms with Gasteiger partial charge in [-0.25, -0.2) is 9.64 Å². The lowest BCUT2D eigenvalue weighted by Crippen LogP contribution is -2.64. The first-order valence-electron chi connectivity index (χ1n) is 8.03. The van der Waals surface area contributed by atoms with E-state index in [1.165, 1.54) is 0 Å². The number of hydrogen-bond acceptors (Lipinski definition) is 4. The number of nitrogens with zero attached hydrogens (tertiary/aromatic N) is 1. The number of hydrogen-bond donors (Lipinski definition) is 1. The minimum Gasteiger partial charge on any atom is -0.444 e. The van der Waals surface area contributed by atoms with E-state index in [4.69, 9.17) is 20.8 Å². The van der Waals surface area contributed by atoms with Gasteiger partial charge in [0.25, 0.3) is 0 Å². The van der Waals surface area contributed by atoms with Crippen LogP contribution in [0.4, 0.5) is 10.5 Å². The van der Waals surface area contributed by atoms with Gasteiger partial charge in [0.15, 0.2) is 11.5 Å². The standard InChI is InChI=1S/C18H22N2O4/c1-16(2,3)24-15(21)20-17(11-18(12-17)22-9-10-23-18)13-5-7-14(19-4)8-6-13/h5-8H,9-12H2,1-3H3,(H,20,21). The summed E-state index contributed by atoms with van der Waals surface area (Å²) in [7, 11) is 0. The van der Waals surface area contributed by atoms with Crippen LogP contribution in [0.3, 0.4) is 0 Å². The first-order chi connectivity index (χ1) is 11.3. The molecule has 1 aliphatic heterocycles. The normalized spacial score (nSPS) is 20.9.